The summed E-state index contributed by atoms with van der Waals surface area (Å²) in [4.78, 5) is 14.6. The van der Waals surface area contributed by atoms with Gasteiger partial charge in [-0.2, -0.15) is 0 Å². The number of hydrogen-bond acceptors (Lipinski definition) is 3. The third-order valence-corrected chi connectivity index (χ3v) is 8.95. The molecule has 2 aliphatic carbocycles. The Hall–Kier alpha value is -5.67. The molecule has 0 saturated carbocycles. The first-order valence-corrected chi connectivity index (χ1v) is 16.5. The van der Waals surface area contributed by atoms with E-state index in [1.54, 1.807) is 0 Å². The average Bonchev–Trinajstić information content (AvgIpc) is 3.15. The van der Waals surface area contributed by atoms with Crippen LogP contribution in [-0.2, 0) is 12.8 Å². The van der Waals surface area contributed by atoms with Crippen molar-refractivity contribution in [2.24, 2.45) is 4.99 Å². The van der Waals surface area contributed by atoms with E-state index < -0.39 is 0 Å². The molecule has 6 aromatic rings. The lowest BCUT2D eigenvalue weighted by Gasteiger charge is -2.20. The zero-order valence-electron chi connectivity index (χ0n) is 26.9. The smallest absolute Gasteiger partial charge is 0.156 e. The molecule has 0 spiro atoms. The van der Waals surface area contributed by atoms with Crippen molar-refractivity contribution in [2.45, 2.75) is 33.1 Å². The van der Waals surface area contributed by atoms with Gasteiger partial charge in [-0.05, 0) is 88.7 Å². The third-order valence-electron chi connectivity index (χ3n) is 8.95. The molecule has 5 aromatic carbocycles. The second-order valence-corrected chi connectivity index (χ2v) is 11.6. The Kier molecular flexibility index (Phi) is 8.53. The van der Waals surface area contributed by atoms with E-state index >= 15 is 0 Å². The third kappa shape index (κ3) is 5.89. The van der Waals surface area contributed by atoms with Crippen LogP contribution in [0.1, 0.15) is 59.5 Å². The van der Waals surface area contributed by atoms with Gasteiger partial charge in [-0.3, -0.25) is 4.99 Å². The van der Waals surface area contributed by atoms with E-state index in [2.05, 4.69) is 139 Å². The molecule has 0 radical (unpaired) electrons. The minimum absolute atomic E-state index is 0.807. The van der Waals surface area contributed by atoms with E-state index in [1.807, 2.05) is 26.0 Å². The minimum Gasteiger partial charge on any atom is -0.264 e. The molecule has 2 aliphatic rings. The van der Waals surface area contributed by atoms with Crippen molar-refractivity contribution < 1.29 is 0 Å². The highest BCUT2D eigenvalue weighted by molar-refractivity contribution is 5.95. The van der Waals surface area contributed by atoms with Crippen molar-refractivity contribution >= 4 is 46.6 Å². The lowest BCUT2D eigenvalue weighted by Crippen LogP contribution is -2.04. The lowest BCUT2D eigenvalue weighted by atomic mass is 9.85. The molecule has 0 N–H and O–H groups in total. The van der Waals surface area contributed by atoms with Crippen molar-refractivity contribution in [3.05, 3.63) is 172 Å². The number of allylic oxidation sites excluding steroid dienone is 3. The highest BCUT2D eigenvalue weighted by Gasteiger charge is 2.19. The van der Waals surface area contributed by atoms with Crippen LogP contribution in [0.3, 0.4) is 0 Å². The van der Waals surface area contributed by atoms with Crippen LogP contribution in [0.2, 0.25) is 0 Å². The summed E-state index contributed by atoms with van der Waals surface area (Å²) in [7, 11) is 0. The molecule has 3 nitrogen and oxygen atoms in total. The summed E-state index contributed by atoms with van der Waals surface area (Å²) in [6, 6.07) is 42.7. The first kappa shape index (κ1) is 30.0. The first-order chi connectivity index (χ1) is 23.2. The van der Waals surface area contributed by atoms with Gasteiger partial charge in [-0.15, -0.1) is 0 Å². The number of rotatable bonds is 5. The van der Waals surface area contributed by atoms with Crippen molar-refractivity contribution in [3.8, 4) is 11.3 Å². The first-order valence-electron chi connectivity index (χ1n) is 16.5. The Labute approximate surface area is 277 Å². The molecule has 0 fully saturated rings. The fraction of sp³-hybridized carbons (Fsp3) is 0.114. The summed E-state index contributed by atoms with van der Waals surface area (Å²) < 4.78 is 0. The van der Waals surface area contributed by atoms with Crippen molar-refractivity contribution in [1.29, 1.82) is 0 Å². The summed E-state index contributed by atoms with van der Waals surface area (Å²) in [6.07, 6.45) is 9.52. The maximum atomic E-state index is 5.22. The maximum Gasteiger partial charge on any atom is 0.156 e. The zero-order chi connectivity index (χ0) is 32.2. The van der Waals surface area contributed by atoms with Crippen LogP contribution in [0.25, 0.3) is 45.5 Å². The standard InChI is InChI=1S/C42H31N3.C2H6/c1-43-38-16-8-6-14-36(38)40(34-24-18-28-10-2-4-12-32(28)26-34)30-20-22-31(23-21-30)41-37-15-7-9-17-39(37)44-42(45-41)35-25-19-29-11-3-5-13-33(29)27-35;1-2/h2-18,20-24,27H,1,19,25-26H2;1-2H3/b40-34-;. The monoisotopic (exact) mass is 607 g/mol. The Morgan fingerprint density at radius 1 is 0.660 bits per heavy atom. The van der Waals surface area contributed by atoms with Crippen LogP contribution in [0, 0.1) is 0 Å². The second kappa shape index (κ2) is 13.4. The molecule has 1 heterocycles. The van der Waals surface area contributed by atoms with Gasteiger partial charge in [-0.1, -0.05) is 135 Å². The van der Waals surface area contributed by atoms with E-state index in [-0.39, 0.29) is 0 Å². The number of fused-ring (bicyclic) bond motifs is 3. The van der Waals surface area contributed by atoms with Gasteiger partial charge in [-0.25, -0.2) is 9.97 Å². The predicted octanol–water partition coefficient (Wildman–Crippen LogP) is 11.2. The predicted molar refractivity (Wildman–Crippen MR) is 200 cm³/mol. The van der Waals surface area contributed by atoms with E-state index in [4.69, 9.17) is 9.97 Å². The second-order valence-electron chi connectivity index (χ2n) is 11.6. The Morgan fingerprint density at radius 2 is 1.36 bits per heavy atom. The van der Waals surface area contributed by atoms with Gasteiger partial charge in [0.2, 0.25) is 0 Å². The number of aryl methyl sites for hydroxylation is 1. The van der Waals surface area contributed by atoms with Crippen LogP contribution in [0.5, 0.6) is 0 Å². The van der Waals surface area contributed by atoms with Crippen molar-refractivity contribution in [2.75, 3.05) is 0 Å². The van der Waals surface area contributed by atoms with Gasteiger partial charge in [0.1, 0.15) is 0 Å². The van der Waals surface area contributed by atoms with Crippen LogP contribution in [-0.4, -0.2) is 16.7 Å². The van der Waals surface area contributed by atoms with Gasteiger partial charge in [0.15, 0.2) is 5.82 Å². The molecule has 0 saturated heterocycles. The summed E-state index contributed by atoms with van der Waals surface area (Å²) >= 11 is 0. The topological polar surface area (TPSA) is 38.1 Å². The van der Waals surface area contributed by atoms with Gasteiger partial charge in [0, 0.05) is 16.5 Å². The Balaban J connectivity index is 0.00000172. The van der Waals surface area contributed by atoms with Gasteiger partial charge >= 0.3 is 0 Å². The van der Waals surface area contributed by atoms with Gasteiger partial charge in [0.05, 0.1) is 16.9 Å². The number of hydrogen-bond donors (Lipinski definition) is 0. The molecule has 3 heteroatoms. The average molecular weight is 608 g/mol. The normalized spacial score (nSPS) is 14.3. The number of nitrogens with zero attached hydrogens (tertiary/aromatic N) is 3. The largest absolute Gasteiger partial charge is 0.264 e. The van der Waals surface area contributed by atoms with Crippen LogP contribution in [0.15, 0.2) is 138 Å². The molecule has 8 rings (SSSR count). The Bertz CT molecular complexity index is 2200. The lowest BCUT2D eigenvalue weighted by molar-refractivity contribution is 0.978. The SMILES string of the molecule is C=Nc1ccccc1/C(=C1/C=Cc2ccccc2C1)c1ccc(-c2nc(C3=Cc4ccccc4CC3)nc3ccccc23)cc1.CC. The Morgan fingerprint density at radius 3 is 2.19 bits per heavy atom. The number of aliphatic imine (C=N–C) groups is 1. The fourth-order valence-corrected chi connectivity index (χ4v) is 6.66. The van der Waals surface area contributed by atoms with Gasteiger partial charge in [0.25, 0.3) is 0 Å². The van der Waals surface area contributed by atoms with Crippen molar-refractivity contribution in [3.63, 3.8) is 0 Å². The molecule has 0 aliphatic heterocycles. The highest BCUT2D eigenvalue weighted by atomic mass is 14.9. The highest BCUT2D eigenvalue weighted by Crippen LogP contribution is 2.39. The molecule has 0 unspecified atom stereocenters. The summed E-state index contributed by atoms with van der Waals surface area (Å²) in [5, 5.41) is 1.05. The minimum atomic E-state index is 0.807. The van der Waals surface area contributed by atoms with E-state index in [9.17, 15) is 0 Å². The molecular formula is C44H37N3. The number of benzene rings is 5. The van der Waals surface area contributed by atoms with E-state index in [1.165, 1.54) is 39.0 Å². The fourth-order valence-electron chi connectivity index (χ4n) is 6.66. The molecular weight excluding hydrogens is 571 g/mol. The number of aromatic nitrogens is 2. The summed E-state index contributed by atoms with van der Waals surface area (Å²) in [6.45, 7) is 7.88. The van der Waals surface area contributed by atoms with Crippen molar-refractivity contribution in [1.82, 2.24) is 9.97 Å². The van der Waals surface area contributed by atoms with Crippen LogP contribution >= 0.6 is 0 Å². The van der Waals surface area contributed by atoms with Crippen LogP contribution in [0.4, 0.5) is 5.69 Å². The number of para-hydroxylation sites is 2. The van der Waals surface area contributed by atoms with E-state index in [0.717, 1.165) is 64.1 Å². The molecule has 0 atom stereocenters. The maximum absolute atomic E-state index is 5.22. The molecule has 0 bridgehead atoms. The van der Waals surface area contributed by atoms with Gasteiger partial charge < -0.3 is 0 Å². The quantitative estimate of drug-likeness (QED) is 0.183. The van der Waals surface area contributed by atoms with E-state index in [0.29, 0.717) is 0 Å². The zero-order valence-corrected chi connectivity index (χ0v) is 26.9. The summed E-state index contributed by atoms with van der Waals surface area (Å²) in [5.41, 5.74) is 14.9. The van der Waals surface area contributed by atoms with Crippen LogP contribution < -0.4 is 0 Å². The molecule has 0 amide bonds. The molecule has 47 heavy (non-hydrogen) atoms. The molecule has 228 valence electrons. The summed E-state index contributed by atoms with van der Waals surface area (Å²) in [5.74, 6) is 0.807. The molecule has 1 aromatic heterocycles.